The van der Waals surface area contributed by atoms with E-state index in [0.29, 0.717) is 76.9 Å². The largest absolute Gasteiger partial charge is 0.459 e. The summed E-state index contributed by atoms with van der Waals surface area (Å²) in [6.07, 6.45) is 2.85. The number of rotatable bonds is 13. The average molecular weight is 638 g/mol. The molecule has 2 amide bonds. The molecule has 3 unspecified atom stereocenters. The smallest absolute Gasteiger partial charge is 0.288 e. The summed E-state index contributed by atoms with van der Waals surface area (Å²) in [7, 11) is 0. The van der Waals surface area contributed by atoms with Crippen LogP contribution in [0.15, 0.2) is 60.4 Å². The molecule has 2 aromatic rings. The van der Waals surface area contributed by atoms with Gasteiger partial charge in [0, 0.05) is 43.8 Å². The number of fused-ring (bicyclic) bond motifs is 1. The number of carbonyl (C=O) groups excluding carboxylic acids is 2. The second kappa shape index (κ2) is 14.7. The normalized spacial score (nSPS) is 23.3. The number of allylic oxidation sites excluding steroid dienone is 1. The van der Waals surface area contributed by atoms with Crippen LogP contribution in [0, 0.1) is 5.92 Å². The van der Waals surface area contributed by atoms with E-state index in [0.717, 1.165) is 11.3 Å². The molecule has 3 atom stereocenters. The quantitative estimate of drug-likeness (QED) is 0.317. The van der Waals surface area contributed by atoms with Gasteiger partial charge in [0.05, 0.1) is 33.1 Å². The lowest BCUT2D eigenvalue weighted by atomic mass is 9.81. The van der Waals surface area contributed by atoms with E-state index in [4.69, 9.17) is 33.5 Å². The molecule has 4 heterocycles. The minimum absolute atomic E-state index is 0.000820. The number of para-hydroxylation sites is 1. The summed E-state index contributed by atoms with van der Waals surface area (Å²) < 4.78 is 34.8. The predicted octanol–water partition coefficient (Wildman–Crippen LogP) is 2.76. The molecule has 0 saturated carbocycles. The zero-order valence-corrected chi connectivity index (χ0v) is 26.2. The van der Waals surface area contributed by atoms with Crippen molar-refractivity contribution in [1.82, 2.24) is 10.2 Å². The second-order valence-corrected chi connectivity index (χ2v) is 11.8. The van der Waals surface area contributed by atoms with Crippen molar-refractivity contribution < 1.29 is 43.1 Å². The molecule has 0 aliphatic carbocycles. The van der Waals surface area contributed by atoms with Crippen LogP contribution in [0.3, 0.4) is 0 Å². The van der Waals surface area contributed by atoms with Crippen molar-refractivity contribution in [2.45, 2.75) is 43.9 Å². The molecular weight excluding hydrogens is 594 g/mol. The highest BCUT2D eigenvalue weighted by Gasteiger charge is 2.51. The van der Waals surface area contributed by atoms with Crippen LogP contribution in [0.4, 0.5) is 5.69 Å². The average Bonchev–Trinajstić information content (AvgIpc) is 3.69. The Hall–Kier alpha value is -3.84. The first kappa shape index (κ1) is 32.1. The van der Waals surface area contributed by atoms with E-state index in [2.05, 4.69) is 10.2 Å². The number of aliphatic hydroxyl groups excluding tert-OH is 1. The lowest BCUT2D eigenvalue weighted by Crippen LogP contribution is -2.57. The Kier molecular flexibility index (Phi) is 10.3. The molecule has 4 aliphatic heterocycles. The zero-order valence-electron chi connectivity index (χ0n) is 26.2. The van der Waals surface area contributed by atoms with Crippen LogP contribution in [0.5, 0.6) is 11.5 Å². The molecule has 2 aromatic carbocycles. The lowest BCUT2D eigenvalue weighted by molar-refractivity contribution is -0.172. The molecule has 0 radical (unpaired) electrons. The van der Waals surface area contributed by atoms with Crippen LogP contribution >= 0.6 is 0 Å². The summed E-state index contributed by atoms with van der Waals surface area (Å²) in [6, 6.07) is 15.8. The van der Waals surface area contributed by atoms with E-state index in [1.807, 2.05) is 61.5 Å². The minimum Gasteiger partial charge on any atom is -0.459 e. The molecule has 4 aliphatic rings. The van der Waals surface area contributed by atoms with Gasteiger partial charge < -0.3 is 48.6 Å². The Labute approximate surface area is 269 Å². The molecule has 2 fully saturated rings. The first-order valence-electron chi connectivity index (χ1n) is 16.1. The summed E-state index contributed by atoms with van der Waals surface area (Å²) in [5.74, 6) is 0.991. The van der Waals surface area contributed by atoms with E-state index >= 15 is 0 Å². The molecule has 2 saturated heterocycles. The number of likely N-dealkylation sites (tertiary alicyclic amines) is 1. The third kappa shape index (κ3) is 6.66. The van der Waals surface area contributed by atoms with Gasteiger partial charge in [0.25, 0.3) is 5.91 Å². The highest BCUT2D eigenvalue weighted by Crippen LogP contribution is 2.43. The predicted molar refractivity (Wildman–Crippen MR) is 167 cm³/mol. The van der Waals surface area contributed by atoms with Crippen LogP contribution in [0.25, 0.3) is 0 Å². The highest BCUT2D eigenvalue weighted by molar-refractivity contribution is 5.95. The Morgan fingerprint density at radius 1 is 1.02 bits per heavy atom. The van der Waals surface area contributed by atoms with Gasteiger partial charge in [-0.15, -0.1) is 0 Å². The van der Waals surface area contributed by atoms with E-state index in [1.54, 1.807) is 4.90 Å². The third-order valence-electron chi connectivity index (χ3n) is 9.19. The number of aliphatic hydroxyl groups is 1. The van der Waals surface area contributed by atoms with Crippen molar-refractivity contribution in [2.24, 2.45) is 5.92 Å². The number of carbonyl (C=O) groups is 2. The fourth-order valence-electron chi connectivity index (χ4n) is 6.81. The van der Waals surface area contributed by atoms with Crippen molar-refractivity contribution in [3.05, 3.63) is 65.9 Å². The Balaban J connectivity index is 1.20. The molecule has 6 rings (SSSR count). The van der Waals surface area contributed by atoms with E-state index < -0.39 is 11.8 Å². The van der Waals surface area contributed by atoms with Crippen molar-refractivity contribution in [3.63, 3.8) is 0 Å². The monoisotopic (exact) mass is 637 g/mol. The Morgan fingerprint density at radius 3 is 2.54 bits per heavy atom. The summed E-state index contributed by atoms with van der Waals surface area (Å²) in [5, 5.41) is 11.9. The highest BCUT2D eigenvalue weighted by atomic mass is 16.7. The number of nitrogens with one attached hydrogen (secondary N) is 1. The number of hydrogen-bond donors (Lipinski definition) is 2. The van der Waals surface area contributed by atoms with Gasteiger partial charge in [0.15, 0.2) is 17.3 Å². The van der Waals surface area contributed by atoms with Crippen LogP contribution in [-0.2, 0) is 28.5 Å². The standard InChI is InChI=1S/C34H43N3O9/c1-2-43-32-26(10-16-41-18-19-42-17-15-38)27(24-8-9-28-29(20-24)45-23-44-28)21-30(46-32)31(39)36-13-11-34(12-14-36)33(40)35-22-37(34)25-6-4-3-5-7-25/h3-9,20-21,26-27,32,38H,2,10-19,22-23H2,1H3,(H,35,40). The van der Waals surface area contributed by atoms with E-state index in [1.165, 1.54) is 0 Å². The summed E-state index contributed by atoms with van der Waals surface area (Å²) in [5.41, 5.74) is 1.24. The maximum atomic E-state index is 14.1. The number of nitrogens with zero attached hydrogens (tertiary/aromatic N) is 2. The van der Waals surface area contributed by atoms with Gasteiger partial charge in [0.2, 0.25) is 19.0 Å². The van der Waals surface area contributed by atoms with Gasteiger partial charge in [0.1, 0.15) is 5.54 Å². The van der Waals surface area contributed by atoms with Gasteiger partial charge >= 0.3 is 0 Å². The number of ether oxygens (including phenoxy) is 6. The van der Waals surface area contributed by atoms with E-state index in [9.17, 15) is 9.59 Å². The topological polar surface area (TPSA) is 128 Å². The molecule has 248 valence electrons. The second-order valence-electron chi connectivity index (χ2n) is 11.8. The van der Waals surface area contributed by atoms with Gasteiger partial charge in [-0.25, -0.2) is 0 Å². The van der Waals surface area contributed by atoms with Gasteiger partial charge in [-0.3, -0.25) is 9.59 Å². The van der Waals surface area contributed by atoms with Crippen molar-refractivity contribution in [2.75, 3.05) is 71.1 Å². The SMILES string of the molecule is CCOC1OC(C(=O)N2CCC3(CC2)C(=O)NCN3c2ccccc2)=CC(c2ccc3c(c2)OCO3)C1CCOCCOCCO. The molecule has 0 bridgehead atoms. The third-order valence-corrected chi connectivity index (χ3v) is 9.19. The van der Waals surface area contributed by atoms with Gasteiger partial charge in [-0.1, -0.05) is 24.3 Å². The Bertz CT molecular complexity index is 1380. The fraction of sp³-hybridized carbons (Fsp3) is 0.529. The number of piperidine rings is 1. The molecule has 1 spiro atoms. The maximum Gasteiger partial charge on any atom is 0.288 e. The number of benzene rings is 2. The maximum absolute atomic E-state index is 14.1. The molecule has 46 heavy (non-hydrogen) atoms. The number of hydrogen-bond acceptors (Lipinski definition) is 10. The Morgan fingerprint density at radius 2 is 1.78 bits per heavy atom. The van der Waals surface area contributed by atoms with E-state index in [-0.39, 0.29) is 49.4 Å². The van der Waals surface area contributed by atoms with Crippen molar-refractivity contribution in [1.29, 1.82) is 0 Å². The first-order chi connectivity index (χ1) is 22.5. The lowest BCUT2D eigenvalue weighted by Gasteiger charge is -2.44. The summed E-state index contributed by atoms with van der Waals surface area (Å²) >= 11 is 0. The minimum atomic E-state index is -0.697. The molecule has 0 aromatic heterocycles. The van der Waals surface area contributed by atoms with Crippen LogP contribution < -0.4 is 19.7 Å². The van der Waals surface area contributed by atoms with Crippen molar-refractivity contribution in [3.8, 4) is 11.5 Å². The van der Waals surface area contributed by atoms with Crippen LogP contribution in [0.2, 0.25) is 0 Å². The van der Waals surface area contributed by atoms with Crippen molar-refractivity contribution >= 4 is 17.5 Å². The van der Waals surface area contributed by atoms with Crippen LogP contribution in [-0.4, -0.2) is 99.8 Å². The number of amides is 2. The zero-order chi connectivity index (χ0) is 31.9. The first-order valence-corrected chi connectivity index (χ1v) is 16.1. The molecule has 12 heteroatoms. The van der Waals surface area contributed by atoms with Gasteiger partial charge in [-0.2, -0.15) is 0 Å². The van der Waals surface area contributed by atoms with Crippen LogP contribution in [0.1, 0.15) is 37.7 Å². The summed E-state index contributed by atoms with van der Waals surface area (Å²) in [6.45, 7) is 5.23. The molecular formula is C34H43N3O9. The molecule has 2 N–H and O–H groups in total. The van der Waals surface area contributed by atoms with Gasteiger partial charge in [-0.05, 0) is 62.1 Å². The fourth-order valence-corrected chi connectivity index (χ4v) is 6.81. The number of anilines is 1. The summed E-state index contributed by atoms with van der Waals surface area (Å²) in [4.78, 5) is 31.1. The molecule has 12 nitrogen and oxygen atoms in total.